The monoisotopic (exact) mass is 237 g/mol. The highest BCUT2D eigenvalue weighted by atomic mass is 79.9. The van der Waals surface area contributed by atoms with E-state index in [-0.39, 0.29) is 0 Å². The summed E-state index contributed by atoms with van der Waals surface area (Å²) < 4.78 is 22.5. The van der Waals surface area contributed by atoms with Crippen LogP contribution in [-0.4, -0.2) is 24.7 Å². The Labute approximate surface area is 74.3 Å². The van der Waals surface area contributed by atoms with Crippen LogP contribution in [0.5, 0.6) is 0 Å². The van der Waals surface area contributed by atoms with Crippen molar-refractivity contribution in [1.82, 2.24) is 0 Å². The molecule has 1 aliphatic rings. The average Bonchev–Trinajstić information content (AvgIpc) is 2.11. The zero-order chi connectivity index (χ0) is 8.65. The van der Waals surface area contributed by atoms with Crippen molar-refractivity contribution in [2.24, 2.45) is 4.99 Å². The van der Waals surface area contributed by atoms with Crippen molar-refractivity contribution in [1.29, 1.82) is 0 Å². The third-order valence-electron chi connectivity index (χ3n) is 1.40. The van der Waals surface area contributed by atoms with Crippen LogP contribution in [-0.2, 0) is 9.84 Å². The second-order valence-electron chi connectivity index (χ2n) is 2.49. The van der Waals surface area contributed by atoms with Crippen LogP contribution in [0.3, 0.4) is 0 Å². The molecule has 1 rings (SSSR count). The van der Waals surface area contributed by atoms with Gasteiger partial charge in [-0.05, 0) is 34.5 Å². The van der Waals surface area contributed by atoms with Crippen molar-refractivity contribution >= 4 is 30.4 Å². The first-order valence-corrected chi connectivity index (χ1v) is 5.77. The van der Waals surface area contributed by atoms with Crippen LogP contribution in [0.4, 0.5) is 0 Å². The zero-order valence-electron chi connectivity index (χ0n) is 6.20. The van der Waals surface area contributed by atoms with Crippen LogP contribution in [0.2, 0.25) is 0 Å². The second kappa shape index (κ2) is 2.71. The van der Waals surface area contributed by atoms with E-state index in [0.29, 0.717) is 4.62 Å². The van der Waals surface area contributed by atoms with Gasteiger partial charge in [0.25, 0.3) is 0 Å². The van der Waals surface area contributed by atoms with Gasteiger partial charge in [-0.15, -0.1) is 0 Å². The van der Waals surface area contributed by atoms with Crippen molar-refractivity contribution < 1.29 is 8.42 Å². The molecular formula is C6H8BrNO2S. The van der Waals surface area contributed by atoms with Gasteiger partial charge in [0, 0.05) is 6.26 Å². The molecule has 0 aromatic carbocycles. The number of sulfone groups is 1. The molecule has 1 unspecified atom stereocenters. The molecule has 3 nitrogen and oxygen atoms in total. The van der Waals surface area contributed by atoms with Gasteiger partial charge in [0.1, 0.15) is 4.62 Å². The Balaban J connectivity index is 3.03. The maximum Gasteiger partial charge on any atom is 0.174 e. The lowest BCUT2D eigenvalue weighted by Gasteiger charge is -1.98. The molecule has 1 heterocycles. The fourth-order valence-corrected chi connectivity index (χ4v) is 1.99. The molecule has 0 N–H and O–H groups in total. The number of halogens is 1. The fraction of sp³-hybridized carbons (Fsp3) is 0.500. The average molecular weight is 238 g/mol. The minimum atomic E-state index is -3.06. The number of nitrogens with zero attached hydrogens (tertiary/aromatic N) is 1. The molecule has 0 amide bonds. The quantitative estimate of drug-likeness (QED) is 0.686. The molecule has 0 radical (unpaired) electrons. The summed E-state index contributed by atoms with van der Waals surface area (Å²) in [7, 11) is -3.06. The minimum absolute atomic E-state index is 0.632. The van der Waals surface area contributed by atoms with E-state index in [9.17, 15) is 8.42 Å². The van der Waals surface area contributed by atoms with Crippen LogP contribution in [0.1, 0.15) is 6.92 Å². The molecule has 0 bridgehead atoms. The van der Waals surface area contributed by atoms with Gasteiger partial charge in [0.05, 0.1) is 0 Å². The smallest absolute Gasteiger partial charge is 0.174 e. The number of allylic oxidation sites excluding steroid dienone is 1. The Kier molecular flexibility index (Phi) is 2.20. The topological polar surface area (TPSA) is 46.5 Å². The molecule has 0 aromatic rings. The van der Waals surface area contributed by atoms with Gasteiger partial charge < -0.3 is 0 Å². The molecule has 0 aromatic heterocycles. The van der Waals surface area contributed by atoms with Gasteiger partial charge in [-0.2, -0.15) is 0 Å². The van der Waals surface area contributed by atoms with Crippen LogP contribution in [0.15, 0.2) is 16.6 Å². The van der Waals surface area contributed by atoms with Crippen molar-refractivity contribution in [2.75, 3.05) is 6.26 Å². The molecule has 11 heavy (non-hydrogen) atoms. The highest BCUT2D eigenvalue weighted by Crippen LogP contribution is 2.19. The van der Waals surface area contributed by atoms with Crippen molar-refractivity contribution in [3.05, 3.63) is 11.6 Å². The van der Waals surface area contributed by atoms with Crippen LogP contribution >= 0.6 is 15.9 Å². The van der Waals surface area contributed by atoms with Gasteiger partial charge in [-0.1, -0.05) is 0 Å². The first kappa shape index (κ1) is 8.93. The summed E-state index contributed by atoms with van der Waals surface area (Å²) in [6.45, 7) is 1.82. The van der Waals surface area contributed by atoms with Crippen molar-refractivity contribution in [3.63, 3.8) is 0 Å². The summed E-state index contributed by atoms with van der Waals surface area (Å²) in [5, 5.41) is -0.683. The number of hydrogen-bond donors (Lipinski definition) is 0. The van der Waals surface area contributed by atoms with Crippen LogP contribution < -0.4 is 0 Å². The van der Waals surface area contributed by atoms with E-state index in [2.05, 4.69) is 20.9 Å². The highest BCUT2D eigenvalue weighted by Gasteiger charge is 2.22. The van der Waals surface area contributed by atoms with E-state index >= 15 is 0 Å². The predicted octanol–water partition coefficient (Wildman–Crippen LogP) is 1.11. The third kappa shape index (κ3) is 1.90. The Bertz CT molecular complexity index is 310. The number of hydrogen-bond acceptors (Lipinski definition) is 3. The zero-order valence-corrected chi connectivity index (χ0v) is 8.61. The van der Waals surface area contributed by atoms with E-state index in [1.807, 2.05) is 6.92 Å². The number of aliphatic imine (C=N–C) groups is 1. The largest absolute Gasteiger partial charge is 0.254 e. The molecule has 0 saturated carbocycles. The Morgan fingerprint density at radius 3 is 2.36 bits per heavy atom. The van der Waals surface area contributed by atoms with E-state index in [4.69, 9.17) is 0 Å². The van der Waals surface area contributed by atoms with E-state index < -0.39 is 15.2 Å². The van der Waals surface area contributed by atoms with Crippen LogP contribution in [0, 0.1) is 0 Å². The Morgan fingerprint density at radius 1 is 1.64 bits per heavy atom. The van der Waals surface area contributed by atoms with Gasteiger partial charge >= 0.3 is 0 Å². The Morgan fingerprint density at radius 2 is 2.18 bits per heavy atom. The van der Waals surface area contributed by atoms with Gasteiger partial charge in [0.15, 0.2) is 15.2 Å². The lowest BCUT2D eigenvalue weighted by atomic mass is 10.3. The summed E-state index contributed by atoms with van der Waals surface area (Å²) in [6.07, 6.45) is 2.80. The van der Waals surface area contributed by atoms with Gasteiger partial charge in [0.2, 0.25) is 0 Å². The molecular weight excluding hydrogens is 230 g/mol. The van der Waals surface area contributed by atoms with E-state index in [1.54, 1.807) is 6.08 Å². The van der Waals surface area contributed by atoms with Gasteiger partial charge in [-0.3, -0.25) is 4.99 Å². The standard InChI is InChI=1S/C6H8BrNO2S/c1-4-3-5(8-6(4)7)11(2,9)10/h3,5H,1-2H3. The summed E-state index contributed by atoms with van der Waals surface area (Å²) in [4.78, 5) is 3.89. The first-order valence-electron chi connectivity index (χ1n) is 3.02. The maximum atomic E-state index is 11.0. The van der Waals surface area contributed by atoms with E-state index in [1.165, 1.54) is 6.26 Å². The third-order valence-corrected chi connectivity index (χ3v) is 3.35. The molecule has 5 heteroatoms. The summed E-state index contributed by atoms with van der Waals surface area (Å²) in [6, 6.07) is 0. The van der Waals surface area contributed by atoms with Crippen molar-refractivity contribution in [2.45, 2.75) is 12.3 Å². The maximum absolute atomic E-state index is 11.0. The van der Waals surface area contributed by atoms with Crippen LogP contribution in [0.25, 0.3) is 0 Å². The summed E-state index contributed by atoms with van der Waals surface area (Å²) in [5.41, 5.74) is 0.875. The summed E-state index contributed by atoms with van der Waals surface area (Å²) >= 11 is 3.15. The molecule has 0 aliphatic carbocycles. The lowest BCUT2D eigenvalue weighted by molar-refractivity contribution is 0.596. The number of rotatable bonds is 1. The van der Waals surface area contributed by atoms with Crippen molar-refractivity contribution in [3.8, 4) is 0 Å². The normalized spacial score (nSPS) is 24.8. The molecule has 1 aliphatic heterocycles. The lowest BCUT2D eigenvalue weighted by Crippen LogP contribution is -2.12. The second-order valence-corrected chi connectivity index (χ2v) is 5.38. The van der Waals surface area contributed by atoms with Gasteiger partial charge in [-0.25, -0.2) is 8.42 Å². The SMILES string of the molecule is CC1=CC(S(C)(=O)=O)N=C1Br. The first-order chi connectivity index (χ1) is 4.91. The van der Waals surface area contributed by atoms with E-state index in [0.717, 1.165) is 5.57 Å². The Hall–Kier alpha value is -0.160. The summed E-state index contributed by atoms with van der Waals surface area (Å²) in [5.74, 6) is 0. The highest BCUT2D eigenvalue weighted by molar-refractivity contribution is 9.18. The molecule has 0 spiro atoms. The molecule has 0 fully saturated rings. The molecule has 0 saturated heterocycles. The minimum Gasteiger partial charge on any atom is -0.254 e. The fourth-order valence-electron chi connectivity index (χ4n) is 0.753. The predicted molar refractivity (Wildman–Crippen MR) is 48.8 cm³/mol. The molecule has 1 atom stereocenters. The molecule has 62 valence electrons.